The predicted molar refractivity (Wildman–Crippen MR) is 96.1 cm³/mol. The van der Waals surface area contributed by atoms with Gasteiger partial charge in [-0.25, -0.2) is 0 Å². The number of thiophene rings is 1. The molecule has 0 saturated carbocycles. The molecule has 1 heterocycles. The maximum atomic E-state index is 12.2. The molecule has 0 atom stereocenters. The highest BCUT2D eigenvalue weighted by molar-refractivity contribution is 7.14. The van der Waals surface area contributed by atoms with Crippen molar-refractivity contribution in [3.8, 4) is 17.6 Å². The number of carbonyl (C=O) groups excluding carboxylic acids is 1. The molecule has 0 fully saturated rings. The van der Waals surface area contributed by atoms with Gasteiger partial charge in [-0.2, -0.15) is 0 Å². The van der Waals surface area contributed by atoms with E-state index in [1.165, 1.54) is 11.3 Å². The molecule has 0 unspecified atom stereocenters. The molecule has 4 heteroatoms. The van der Waals surface area contributed by atoms with Gasteiger partial charge in [-0.3, -0.25) is 9.69 Å². The molecule has 3 nitrogen and oxygen atoms in total. The SMILES string of the molecule is COc1ccc(C=CC(=O)c2ccc(C#CCN(C)C)s2)cc1. The van der Waals surface area contributed by atoms with Gasteiger partial charge in [0.15, 0.2) is 5.78 Å². The van der Waals surface area contributed by atoms with Crippen molar-refractivity contribution in [2.75, 3.05) is 27.7 Å². The van der Waals surface area contributed by atoms with E-state index in [0.717, 1.165) is 16.2 Å². The Kier molecular flexibility index (Phi) is 6.16. The average molecular weight is 325 g/mol. The van der Waals surface area contributed by atoms with E-state index in [1.807, 2.05) is 55.4 Å². The summed E-state index contributed by atoms with van der Waals surface area (Å²) in [5.41, 5.74) is 0.960. The molecule has 0 radical (unpaired) electrons. The van der Waals surface area contributed by atoms with Crippen LogP contribution in [0.2, 0.25) is 0 Å². The fraction of sp³-hybridized carbons (Fsp3) is 0.211. The Labute approximate surface area is 141 Å². The van der Waals surface area contributed by atoms with Gasteiger partial charge in [-0.15, -0.1) is 11.3 Å². The zero-order valence-electron chi connectivity index (χ0n) is 13.5. The third kappa shape index (κ3) is 5.41. The van der Waals surface area contributed by atoms with E-state index in [-0.39, 0.29) is 5.78 Å². The summed E-state index contributed by atoms with van der Waals surface area (Å²) in [5.74, 6) is 6.93. The van der Waals surface area contributed by atoms with Crippen LogP contribution in [0, 0.1) is 11.8 Å². The normalized spacial score (nSPS) is 10.6. The number of nitrogens with zero attached hydrogens (tertiary/aromatic N) is 1. The highest BCUT2D eigenvalue weighted by atomic mass is 32.1. The molecule has 118 valence electrons. The first-order valence-electron chi connectivity index (χ1n) is 7.18. The van der Waals surface area contributed by atoms with Crippen molar-refractivity contribution in [3.63, 3.8) is 0 Å². The van der Waals surface area contributed by atoms with Crippen LogP contribution in [0.25, 0.3) is 6.08 Å². The lowest BCUT2D eigenvalue weighted by Crippen LogP contribution is -2.10. The zero-order chi connectivity index (χ0) is 16.7. The van der Waals surface area contributed by atoms with Crippen LogP contribution in [0.15, 0.2) is 42.5 Å². The molecule has 2 aromatic rings. The highest BCUT2D eigenvalue weighted by Crippen LogP contribution is 2.17. The maximum absolute atomic E-state index is 12.2. The molecule has 0 aliphatic rings. The Morgan fingerprint density at radius 2 is 1.96 bits per heavy atom. The molecule has 0 amide bonds. The van der Waals surface area contributed by atoms with Crippen molar-refractivity contribution in [3.05, 3.63) is 57.8 Å². The van der Waals surface area contributed by atoms with Crippen molar-refractivity contribution < 1.29 is 9.53 Å². The van der Waals surface area contributed by atoms with Crippen LogP contribution < -0.4 is 4.74 Å². The molecule has 23 heavy (non-hydrogen) atoms. The maximum Gasteiger partial charge on any atom is 0.195 e. The Balaban J connectivity index is 2.01. The standard InChI is InChI=1S/C19H19NO2S/c1-20(2)14-4-5-17-11-13-19(23-17)18(21)12-8-15-6-9-16(22-3)10-7-15/h6-13H,14H2,1-3H3. The van der Waals surface area contributed by atoms with Gasteiger partial charge in [0, 0.05) is 0 Å². The van der Waals surface area contributed by atoms with E-state index in [9.17, 15) is 4.79 Å². The smallest absolute Gasteiger partial charge is 0.195 e. The van der Waals surface area contributed by atoms with E-state index in [2.05, 4.69) is 11.8 Å². The number of rotatable bonds is 5. The van der Waals surface area contributed by atoms with E-state index in [1.54, 1.807) is 19.3 Å². The number of carbonyl (C=O) groups is 1. The van der Waals surface area contributed by atoms with Crippen molar-refractivity contribution in [1.82, 2.24) is 4.90 Å². The van der Waals surface area contributed by atoms with Gasteiger partial charge >= 0.3 is 0 Å². The van der Waals surface area contributed by atoms with Gasteiger partial charge in [-0.1, -0.05) is 30.0 Å². The first-order valence-corrected chi connectivity index (χ1v) is 8.00. The first kappa shape index (κ1) is 17.0. The Hall–Kier alpha value is -2.35. The summed E-state index contributed by atoms with van der Waals surface area (Å²) in [6, 6.07) is 11.3. The summed E-state index contributed by atoms with van der Waals surface area (Å²) in [7, 11) is 5.58. The highest BCUT2D eigenvalue weighted by Gasteiger charge is 2.05. The molecule has 0 aliphatic heterocycles. The second-order valence-electron chi connectivity index (χ2n) is 5.17. The minimum absolute atomic E-state index is 0.00789. The summed E-state index contributed by atoms with van der Waals surface area (Å²) in [6.07, 6.45) is 3.39. The fourth-order valence-corrected chi connectivity index (χ4v) is 2.59. The third-order valence-electron chi connectivity index (χ3n) is 3.00. The lowest BCUT2D eigenvalue weighted by molar-refractivity contribution is 0.105. The van der Waals surface area contributed by atoms with E-state index < -0.39 is 0 Å². The number of methoxy groups -OCH3 is 1. The summed E-state index contributed by atoms with van der Waals surface area (Å²) in [4.78, 5) is 15.8. The summed E-state index contributed by atoms with van der Waals surface area (Å²) in [6.45, 7) is 0.707. The summed E-state index contributed by atoms with van der Waals surface area (Å²) < 4.78 is 5.11. The van der Waals surface area contributed by atoms with Gasteiger partial charge in [0.1, 0.15) is 5.75 Å². The molecule has 2 rings (SSSR count). The lowest BCUT2D eigenvalue weighted by Gasteiger charge is -2.00. The topological polar surface area (TPSA) is 29.5 Å². The number of ether oxygens (including phenoxy) is 1. The second-order valence-corrected chi connectivity index (χ2v) is 6.26. The number of hydrogen-bond donors (Lipinski definition) is 0. The molecule has 0 aliphatic carbocycles. The Morgan fingerprint density at radius 1 is 1.22 bits per heavy atom. The lowest BCUT2D eigenvalue weighted by atomic mass is 10.2. The van der Waals surface area contributed by atoms with Crippen LogP contribution in [-0.2, 0) is 0 Å². The number of allylic oxidation sites excluding steroid dienone is 1. The third-order valence-corrected chi connectivity index (χ3v) is 4.01. The van der Waals surface area contributed by atoms with Gasteiger partial charge in [0.25, 0.3) is 0 Å². The molecule has 1 aromatic carbocycles. The average Bonchev–Trinajstić information content (AvgIpc) is 3.01. The Morgan fingerprint density at radius 3 is 2.61 bits per heavy atom. The van der Waals surface area contributed by atoms with Gasteiger partial charge in [0.05, 0.1) is 23.4 Å². The van der Waals surface area contributed by atoms with Crippen LogP contribution in [-0.4, -0.2) is 38.4 Å². The molecular formula is C19H19NO2S. The van der Waals surface area contributed by atoms with E-state index >= 15 is 0 Å². The van der Waals surface area contributed by atoms with Crippen LogP contribution in [0.5, 0.6) is 5.75 Å². The Bertz CT molecular complexity index is 746. The van der Waals surface area contributed by atoms with Gasteiger partial charge in [0.2, 0.25) is 0 Å². The molecule has 0 spiro atoms. The van der Waals surface area contributed by atoms with Crippen LogP contribution in [0.1, 0.15) is 20.1 Å². The van der Waals surface area contributed by atoms with Gasteiger partial charge < -0.3 is 4.74 Å². The zero-order valence-corrected chi connectivity index (χ0v) is 14.3. The molecular weight excluding hydrogens is 306 g/mol. The van der Waals surface area contributed by atoms with Crippen LogP contribution >= 0.6 is 11.3 Å². The van der Waals surface area contributed by atoms with Crippen molar-refractivity contribution in [2.24, 2.45) is 0 Å². The van der Waals surface area contributed by atoms with Crippen molar-refractivity contribution in [1.29, 1.82) is 0 Å². The van der Waals surface area contributed by atoms with Crippen LogP contribution in [0.4, 0.5) is 0 Å². The number of ketones is 1. The monoisotopic (exact) mass is 325 g/mol. The predicted octanol–water partition coefficient (Wildman–Crippen LogP) is 3.57. The summed E-state index contributed by atoms with van der Waals surface area (Å²) in [5, 5.41) is 0. The molecule has 0 bridgehead atoms. The quantitative estimate of drug-likeness (QED) is 0.478. The first-order chi connectivity index (χ1) is 11.1. The molecule has 1 aromatic heterocycles. The van der Waals surface area contributed by atoms with Crippen LogP contribution in [0.3, 0.4) is 0 Å². The fourth-order valence-electron chi connectivity index (χ4n) is 1.79. The minimum Gasteiger partial charge on any atom is -0.497 e. The molecule has 0 N–H and O–H groups in total. The van der Waals surface area contributed by atoms with E-state index in [0.29, 0.717) is 11.4 Å². The van der Waals surface area contributed by atoms with E-state index in [4.69, 9.17) is 4.74 Å². The summed E-state index contributed by atoms with van der Waals surface area (Å²) >= 11 is 1.42. The second kappa shape index (κ2) is 8.33. The van der Waals surface area contributed by atoms with Crippen molar-refractivity contribution >= 4 is 23.2 Å². The minimum atomic E-state index is -0.00789. The largest absolute Gasteiger partial charge is 0.497 e. The number of benzene rings is 1. The molecule has 0 saturated heterocycles. The van der Waals surface area contributed by atoms with Crippen molar-refractivity contribution in [2.45, 2.75) is 0 Å². The van der Waals surface area contributed by atoms with Gasteiger partial charge in [-0.05, 0) is 50.0 Å². The number of hydrogen-bond acceptors (Lipinski definition) is 4.